The summed E-state index contributed by atoms with van der Waals surface area (Å²) in [6, 6.07) is 1.28. The molecule has 4 heteroatoms. The quantitative estimate of drug-likeness (QED) is 0.643. The van der Waals surface area contributed by atoms with E-state index in [9.17, 15) is 8.78 Å². The molecule has 0 bridgehead atoms. The fraction of sp³-hybridized carbons (Fsp3) is 0.286. The number of aryl methyl sites for hydroxylation is 1. The molecule has 0 spiro atoms. The van der Waals surface area contributed by atoms with Gasteiger partial charge in [0.15, 0.2) is 0 Å². The zero-order valence-electron chi connectivity index (χ0n) is 5.81. The molecule has 60 valence electrons. The van der Waals surface area contributed by atoms with E-state index in [1.807, 2.05) is 0 Å². The van der Waals surface area contributed by atoms with E-state index in [4.69, 9.17) is 11.6 Å². The van der Waals surface area contributed by atoms with Crippen LogP contribution in [0.2, 0.25) is 5.02 Å². The van der Waals surface area contributed by atoms with Crippen molar-refractivity contribution < 1.29 is 8.78 Å². The van der Waals surface area contributed by atoms with Crippen molar-refractivity contribution in [3.05, 3.63) is 28.5 Å². The van der Waals surface area contributed by atoms with Gasteiger partial charge in [-0.15, -0.1) is 0 Å². The summed E-state index contributed by atoms with van der Waals surface area (Å²) in [6.45, 7) is 1.66. The third kappa shape index (κ3) is 1.87. The Kier molecular flexibility index (Phi) is 2.39. The molecular weight excluding hydrogens is 172 g/mol. The topological polar surface area (TPSA) is 12.9 Å². The Morgan fingerprint density at radius 2 is 2.18 bits per heavy atom. The van der Waals surface area contributed by atoms with Crippen LogP contribution in [0.3, 0.4) is 0 Å². The van der Waals surface area contributed by atoms with E-state index in [0.717, 1.165) is 0 Å². The second-order valence-electron chi connectivity index (χ2n) is 2.16. The highest BCUT2D eigenvalue weighted by Gasteiger charge is 2.08. The predicted molar refractivity (Wildman–Crippen MR) is 38.9 cm³/mol. The van der Waals surface area contributed by atoms with Crippen molar-refractivity contribution in [1.82, 2.24) is 4.98 Å². The van der Waals surface area contributed by atoms with Gasteiger partial charge >= 0.3 is 0 Å². The highest BCUT2D eigenvalue weighted by molar-refractivity contribution is 6.31. The Bertz CT molecular complexity index is 263. The van der Waals surface area contributed by atoms with Crippen molar-refractivity contribution in [3.8, 4) is 0 Å². The van der Waals surface area contributed by atoms with Crippen LogP contribution in [-0.4, -0.2) is 4.98 Å². The van der Waals surface area contributed by atoms with Gasteiger partial charge in [-0.05, 0) is 18.6 Å². The van der Waals surface area contributed by atoms with Crippen LogP contribution in [0.5, 0.6) is 0 Å². The Labute approximate surface area is 68.0 Å². The third-order valence-electron chi connectivity index (χ3n) is 1.29. The highest BCUT2D eigenvalue weighted by Crippen LogP contribution is 2.20. The van der Waals surface area contributed by atoms with Crippen LogP contribution in [0.15, 0.2) is 12.3 Å². The van der Waals surface area contributed by atoms with E-state index in [2.05, 4.69) is 4.98 Å². The smallest absolute Gasteiger partial charge is 0.254 e. The lowest BCUT2D eigenvalue weighted by Gasteiger charge is -2.00. The maximum atomic E-state index is 12.0. The molecule has 11 heavy (non-hydrogen) atoms. The van der Waals surface area contributed by atoms with Gasteiger partial charge in [0, 0.05) is 6.20 Å². The molecule has 1 aromatic rings. The Morgan fingerprint density at radius 1 is 1.55 bits per heavy atom. The molecule has 1 heterocycles. The fourth-order valence-corrected chi connectivity index (χ4v) is 0.784. The second-order valence-corrected chi connectivity index (χ2v) is 2.57. The Balaban J connectivity index is 3.05. The molecule has 0 fully saturated rings. The molecule has 0 N–H and O–H groups in total. The van der Waals surface area contributed by atoms with E-state index >= 15 is 0 Å². The molecular formula is C7H6ClF2N. The number of hydrogen-bond acceptors (Lipinski definition) is 1. The van der Waals surface area contributed by atoms with Gasteiger partial charge in [-0.2, -0.15) is 0 Å². The zero-order valence-corrected chi connectivity index (χ0v) is 6.57. The molecule has 0 radical (unpaired) electrons. The van der Waals surface area contributed by atoms with Crippen molar-refractivity contribution in [2.24, 2.45) is 0 Å². The summed E-state index contributed by atoms with van der Waals surface area (Å²) < 4.78 is 23.9. The van der Waals surface area contributed by atoms with Gasteiger partial charge in [0.05, 0.1) is 5.02 Å². The predicted octanol–water partition coefficient (Wildman–Crippen LogP) is 2.98. The van der Waals surface area contributed by atoms with Crippen LogP contribution >= 0.6 is 11.6 Å². The average Bonchev–Trinajstić information content (AvgIpc) is 1.94. The van der Waals surface area contributed by atoms with Gasteiger partial charge in [-0.25, -0.2) is 8.78 Å². The first-order valence-corrected chi connectivity index (χ1v) is 3.39. The van der Waals surface area contributed by atoms with E-state index in [-0.39, 0.29) is 5.69 Å². The minimum absolute atomic E-state index is 0.230. The van der Waals surface area contributed by atoms with E-state index in [0.29, 0.717) is 10.6 Å². The van der Waals surface area contributed by atoms with Gasteiger partial charge in [0.1, 0.15) is 5.69 Å². The molecule has 0 aromatic carbocycles. The minimum Gasteiger partial charge on any atom is -0.254 e. The molecule has 0 saturated heterocycles. The van der Waals surface area contributed by atoms with Crippen LogP contribution < -0.4 is 0 Å². The summed E-state index contributed by atoms with van der Waals surface area (Å²) in [6.07, 6.45) is -1.29. The highest BCUT2D eigenvalue weighted by atomic mass is 35.5. The van der Waals surface area contributed by atoms with E-state index in [1.165, 1.54) is 12.3 Å². The van der Waals surface area contributed by atoms with Gasteiger partial charge < -0.3 is 0 Å². The molecule has 0 atom stereocenters. The first kappa shape index (κ1) is 8.40. The van der Waals surface area contributed by atoms with E-state index < -0.39 is 6.43 Å². The molecule has 0 aliphatic heterocycles. The van der Waals surface area contributed by atoms with Gasteiger partial charge in [0.2, 0.25) is 0 Å². The van der Waals surface area contributed by atoms with Crippen LogP contribution in [-0.2, 0) is 0 Å². The SMILES string of the molecule is Cc1cc(C(F)F)ncc1Cl. The number of hydrogen-bond donors (Lipinski definition) is 0. The van der Waals surface area contributed by atoms with Crippen LogP contribution in [0.4, 0.5) is 8.78 Å². The lowest BCUT2D eigenvalue weighted by atomic mass is 10.2. The first-order valence-electron chi connectivity index (χ1n) is 3.01. The summed E-state index contributed by atoms with van der Waals surface area (Å²) in [5.74, 6) is 0. The summed E-state index contributed by atoms with van der Waals surface area (Å²) >= 11 is 5.58. The molecule has 0 amide bonds. The van der Waals surface area contributed by atoms with Crippen LogP contribution in [0, 0.1) is 6.92 Å². The van der Waals surface area contributed by atoms with Crippen molar-refractivity contribution in [1.29, 1.82) is 0 Å². The lowest BCUT2D eigenvalue weighted by Crippen LogP contribution is -1.90. The molecule has 0 aliphatic rings. The summed E-state index contributed by atoms with van der Waals surface area (Å²) in [7, 11) is 0. The van der Waals surface area contributed by atoms with Crippen LogP contribution in [0.1, 0.15) is 17.7 Å². The lowest BCUT2D eigenvalue weighted by molar-refractivity contribution is 0.146. The zero-order chi connectivity index (χ0) is 8.43. The third-order valence-corrected chi connectivity index (χ3v) is 1.69. The molecule has 0 saturated carbocycles. The van der Waals surface area contributed by atoms with Crippen molar-refractivity contribution in [2.75, 3.05) is 0 Å². The number of nitrogens with zero attached hydrogens (tertiary/aromatic N) is 1. The molecule has 1 rings (SSSR count). The molecule has 1 aromatic heterocycles. The largest absolute Gasteiger partial charge is 0.280 e. The van der Waals surface area contributed by atoms with Gasteiger partial charge in [-0.1, -0.05) is 11.6 Å². The monoisotopic (exact) mass is 177 g/mol. The maximum Gasteiger partial charge on any atom is 0.280 e. The maximum absolute atomic E-state index is 12.0. The number of halogens is 3. The normalized spacial score (nSPS) is 10.6. The number of rotatable bonds is 1. The molecule has 1 nitrogen and oxygen atoms in total. The molecule has 0 aliphatic carbocycles. The Morgan fingerprint density at radius 3 is 2.64 bits per heavy atom. The summed E-state index contributed by atoms with van der Waals surface area (Å²) in [5, 5.41) is 0.411. The summed E-state index contributed by atoms with van der Waals surface area (Å²) in [5.41, 5.74) is 0.392. The van der Waals surface area contributed by atoms with Crippen molar-refractivity contribution >= 4 is 11.6 Å². The number of pyridine rings is 1. The van der Waals surface area contributed by atoms with Crippen molar-refractivity contribution in [2.45, 2.75) is 13.3 Å². The van der Waals surface area contributed by atoms with Gasteiger partial charge in [-0.3, -0.25) is 4.98 Å². The fourth-order valence-electron chi connectivity index (χ4n) is 0.680. The Hall–Kier alpha value is -0.700. The van der Waals surface area contributed by atoms with Crippen molar-refractivity contribution in [3.63, 3.8) is 0 Å². The average molecular weight is 178 g/mol. The second kappa shape index (κ2) is 3.13. The number of alkyl halides is 2. The molecule has 0 unspecified atom stereocenters. The van der Waals surface area contributed by atoms with Gasteiger partial charge in [0.25, 0.3) is 6.43 Å². The minimum atomic E-state index is -2.52. The van der Waals surface area contributed by atoms with Crippen LogP contribution in [0.25, 0.3) is 0 Å². The standard InChI is InChI=1S/C7H6ClF2N/c1-4-2-6(7(9)10)11-3-5(4)8/h2-3,7H,1H3. The first-order chi connectivity index (χ1) is 5.11. The summed E-state index contributed by atoms with van der Waals surface area (Å²) in [4.78, 5) is 3.46. The number of aromatic nitrogens is 1. The van der Waals surface area contributed by atoms with E-state index in [1.54, 1.807) is 6.92 Å².